The second-order valence-corrected chi connectivity index (χ2v) is 26.4. The Morgan fingerprint density at radius 1 is 0.204 bits per heavy atom. The summed E-state index contributed by atoms with van der Waals surface area (Å²) in [5.74, 6) is -3.96. The highest BCUT2D eigenvalue weighted by atomic mass is 16.6. The van der Waals surface area contributed by atoms with Gasteiger partial charge in [-0.2, -0.15) is 0 Å². The first-order chi connectivity index (χ1) is 52.8. The van der Waals surface area contributed by atoms with Crippen molar-refractivity contribution in [2.45, 2.75) is 157 Å². The molecule has 0 atom stereocenters. The smallest absolute Gasteiger partial charge is 0.343 e. The maximum atomic E-state index is 14.9. The van der Waals surface area contributed by atoms with Crippen molar-refractivity contribution in [2.75, 3.05) is 39.6 Å². The highest BCUT2D eigenvalue weighted by molar-refractivity contribution is 6.27. The molecule has 0 spiro atoms. The number of unbranched alkanes of at least 4 members (excludes halogenated alkanes) is 12. The van der Waals surface area contributed by atoms with E-state index in [4.69, 9.17) is 56.8 Å². The molecule has 0 heterocycles. The van der Waals surface area contributed by atoms with Gasteiger partial charge in [0.25, 0.3) is 0 Å². The molecule has 10 rings (SSSR count). The van der Waals surface area contributed by atoms with Crippen molar-refractivity contribution in [3.63, 3.8) is 0 Å². The highest BCUT2D eigenvalue weighted by Crippen LogP contribution is 2.48. The van der Waals surface area contributed by atoms with Crippen LogP contribution in [0.4, 0.5) is 0 Å². The summed E-state index contributed by atoms with van der Waals surface area (Å²) >= 11 is 0. The van der Waals surface area contributed by atoms with Crippen LogP contribution < -0.4 is 56.8 Å². The van der Waals surface area contributed by atoms with Crippen LogP contribution in [0.3, 0.4) is 0 Å². The first-order valence-electron chi connectivity index (χ1n) is 38.0. The first kappa shape index (κ1) is 79.2. The Balaban J connectivity index is 1.22. The average molecular weight is 1470 g/mol. The van der Waals surface area contributed by atoms with E-state index in [2.05, 4.69) is 41.5 Å². The summed E-state index contributed by atoms with van der Waals surface area (Å²) in [4.78, 5) is 89.1. The van der Waals surface area contributed by atoms with Gasteiger partial charge in [-0.05, 0) is 216 Å². The molecule has 0 amide bonds. The topological polar surface area (TPSA) is 213 Å². The van der Waals surface area contributed by atoms with Crippen LogP contribution in [0.15, 0.2) is 182 Å². The number of fused-ring (bicyclic) bond motifs is 6. The fourth-order valence-electron chi connectivity index (χ4n) is 12.0. The minimum absolute atomic E-state index is 0.106. The monoisotopic (exact) mass is 1460 g/mol. The van der Waals surface area contributed by atoms with Crippen LogP contribution in [0.1, 0.15) is 219 Å². The number of benzene rings is 10. The summed E-state index contributed by atoms with van der Waals surface area (Å²) in [6.45, 7) is 15.0. The zero-order valence-corrected chi connectivity index (χ0v) is 62.6. The second kappa shape index (κ2) is 40.9. The average Bonchev–Trinajstić information content (AvgIpc) is 0.722. The molecule has 0 saturated heterocycles. The molecular weight excluding hydrogens is 1370 g/mol. The predicted molar refractivity (Wildman–Crippen MR) is 417 cm³/mol. The van der Waals surface area contributed by atoms with Gasteiger partial charge in [0, 0.05) is 0 Å². The molecule has 18 nitrogen and oxygen atoms in total. The third-order valence-electron chi connectivity index (χ3n) is 17.9. The molecule has 0 aromatic heterocycles. The number of hydrogen-bond donors (Lipinski definition) is 0. The van der Waals surface area contributed by atoms with E-state index in [1.165, 1.54) is 36.4 Å². The molecule has 108 heavy (non-hydrogen) atoms. The summed E-state index contributed by atoms with van der Waals surface area (Å²) in [7, 11) is 0. The number of ether oxygens (including phenoxy) is 12. The van der Waals surface area contributed by atoms with Gasteiger partial charge in [0.05, 0.1) is 73.0 Å². The molecule has 0 unspecified atom stereocenters. The number of carbonyl (C=O) groups is 6. The molecule has 0 N–H and O–H groups in total. The molecular formula is C90H96O18. The van der Waals surface area contributed by atoms with Gasteiger partial charge in [0.2, 0.25) is 0 Å². The third-order valence-corrected chi connectivity index (χ3v) is 17.9. The third kappa shape index (κ3) is 22.3. The lowest BCUT2D eigenvalue weighted by Gasteiger charge is -2.19. The Kier molecular flexibility index (Phi) is 30.0. The van der Waals surface area contributed by atoms with Crippen molar-refractivity contribution in [1.29, 1.82) is 0 Å². The molecule has 0 fully saturated rings. The highest BCUT2D eigenvalue weighted by Gasteiger charge is 2.28. The lowest BCUT2D eigenvalue weighted by molar-refractivity contribution is 0.0682. The van der Waals surface area contributed by atoms with Crippen molar-refractivity contribution in [1.82, 2.24) is 0 Å². The summed E-state index contributed by atoms with van der Waals surface area (Å²) < 4.78 is 74.9. The van der Waals surface area contributed by atoms with Gasteiger partial charge in [-0.25, -0.2) is 28.8 Å². The lowest BCUT2D eigenvalue weighted by atomic mass is 9.93. The summed E-state index contributed by atoms with van der Waals surface area (Å²) in [5, 5.41) is 1.62. The number of carbonyl (C=O) groups excluding carboxylic acids is 6. The van der Waals surface area contributed by atoms with Crippen LogP contribution in [0, 0.1) is 0 Å². The molecule has 0 aliphatic heterocycles. The van der Waals surface area contributed by atoms with Crippen molar-refractivity contribution < 1.29 is 85.6 Å². The van der Waals surface area contributed by atoms with E-state index in [1.807, 2.05) is 0 Å². The first-order valence-corrected chi connectivity index (χ1v) is 38.0. The standard InChI is InChI=1S/C90H96O18/c1-7-13-19-43-97-67-37-25-31-61(49-67)85(91)103-79-55-73-74(56-80(79)104-86(92)62-32-26-38-68(50-62)98-44-20-14-8-2)76-58-82(106-88(94)64-34-28-40-70(52-64)100-46-22-16-10-4)84(108-90(96)66-36-30-42-72(54-66)102-48-24-18-12-6)60-78(76)77-59-83(107-89(95)65-35-29-41-71(53-65)101-47-23-17-11-5)81(57-75(73)77)105-87(93)63-33-27-39-69(51-63)99-45-21-15-9-3/h25-42,49-60H,7-24,43-48H2,1-6H3. The van der Waals surface area contributed by atoms with Crippen LogP contribution >= 0.6 is 0 Å². The fourth-order valence-corrected chi connectivity index (χ4v) is 12.0. The van der Waals surface area contributed by atoms with Crippen molar-refractivity contribution in [3.05, 3.63) is 215 Å². The van der Waals surface area contributed by atoms with E-state index < -0.39 is 35.8 Å². The zero-order chi connectivity index (χ0) is 76.0. The largest absolute Gasteiger partial charge is 0.494 e. The van der Waals surface area contributed by atoms with Gasteiger partial charge in [-0.1, -0.05) is 155 Å². The van der Waals surface area contributed by atoms with E-state index in [0.29, 0.717) is 74.1 Å². The van der Waals surface area contributed by atoms with Crippen LogP contribution in [0.25, 0.3) is 32.3 Å². The van der Waals surface area contributed by atoms with Crippen LogP contribution in [0.2, 0.25) is 0 Å². The Morgan fingerprint density at radius 2 is 0.352 bits per heavy atom. The molecule has 0 saturated carbocycles. The normalized spacial score (nSPS) is 11.1. The Hall–Kier alpha value is -11.4. The second-order valence-electron chi connectivity index (χ2n) is 26.4. The Labute approximate surface area is 631 Å². The van der Waals surface area contributed by atoms with Gasteiger partial charge in [-0.15, -0.1) is 0 Å². The molecule has 0 radical (unpaired) electrons. The number of hydrogen-bond acceptors (Lipinski definition) is 18. The Morgan fingerprint density at radius 3 is 0.491 bits per heavy atom. The van der Waals surface area contributed by atoms with Gasteiger partial charge in [-0.3, -0.25) is 0 Å². The summed E-state index contributed by atoms with van der Waals surface area (Å²) in [6.07, 6.45) is 16.3. The minimum atomic E-state index is -0.848. The summed E-state index contributed by atoms with van der Waals surface area (Å²) in [6, 6.07) is 48.3. The SMILES string of the molecule is CCCCCOc1cccc(C(=O)Oc2cc3c4cc(OC(=O)c5cccc(OCCCCC)c5)c(OC(=O)c5cccc(OCCCCC)c5)cc4c4cc(OC(=O)c5cccc(OCCCCC)c5)c(OC(=O)c5cccc(OCCCCC)c5)cc4c3cc2OC(=O)c2cccc(OCCCCC)c2)c1. The van der Waals surface area contributed by atoms with E-state index in [-0.39, 0.29) is 100 Å². The molecule has 0 aliphatic carbocycles. The number of esters is 6. The van der Waals surface area contributed by atoms with Gasteiger partial charge < -0.3 is 56.8 Å². The van der Waals surface area contributed by atoms with Crippen molar-refractivity contribution >= 4 is 68.1 Å². The fraction of sp³-hybridized carbons (Fsp3) is 0.333. The number of rotatable bonds is 42. The van der Waals surface area contributed by atoms with Gasteiger partial charge in [0.1, 0.15) is 34.5 Å². The van der Waals surface area contributed by atoms with E-state index >= 15 is 0 Å². The van der Waals surface area contributed by atoms with Crippen LogP contribution in [-0.2, 0) is 0 Å². The quantitative estimate of drug-likeness (QED) is 0.0150. The van der Waals surface area contributed by atoms with Gasteiger partial charge in [0.15, 0.2) is 34.5 Å². The van der Waals surface area contributed by atoms with Crippen LogP contribution in [0.5, 0.6) is 69.0 Å². The molecule has 18 heteroatoms. The molecule has 0 bridgehead atoms. The maximum Gasteiger partial charge on any atom is 0.343 e. The zero-order valence-electron chi connectivity index (χ0n) is 62.6. The van der Waals surface area contributed by atoms with E-state index in [1.54, 1.807) is 146 Å². The molecule has 0 aliphatic rings. The molecule has 564 valence electrons. The van der Waals surface area contributed by atoms with Crippen LogP contribution in [-0.4, -0.2) is 75.5 Å². The Bertz CT molecular complexity index is 3940. The van der Waals surface area contributed by atoms with E-state index in [0.717, 1.165) is 116 Å². The minimum Gasteiger partial charge on any atom is -0.494 e. The molecule has 10 aromatic rings. The van der Waals surface area contributed by atoms with E-state index in [9.17, 15) is 28.8 Å². The summed E-state index contributed by atoms with van der Waals surface area (Å²) in [5.41, 5.74) is 0.637. The predicted octanol–water partition coefficient (Wildman–Crippen LogP) is 21.9. The van der Waals surface area contributed by atoms with Crippen molar-refractivity contribution in [2.24, 2.45) is 0 Å². The molecule has 10 aromatic carbocycles. The van der Waals surface area contributed by atoms with Gasteiger partial charge >= 0.3 is 35.8 Å². The maximum absolute atomic E-state index is 14.9. The van der Waals surface area contributed by atoms with Crippen molar-refractivity contribution in [3.8, 4) is 69.0 Å². The lowest BCUT2D eigenvalue weighted by Crippen LogP contribution is -2.14.